The summed E-state index contributed by atoms with van der Waals surface area (Å²) in [6, 6.07) is 10.0. The summed E-state index contributed by atoms with van der Waals surface area (Å²) in [7, 11) is -3.21. The van der Waals surface area contributed by atoms with Crippen LogP contribution >= 0.6 is 0 Å². The summed E-state index contributed by atoms with van der Waals surface area (Å²) >= 11 is 0. The summed E-state index contributed by atoms with van der Waals surface area (Å²) < 4.78 is 63.0. The van der Waals surface area contributed by atoms with E-state index in [0.29, 0.717) is 51.3 Å². The third kappa shape index (κ3) is 6.52. The molecule has 2 saturated heterocycles. The second-order valence-corrected chi connectivity index (χ2v) is 11.0. The Kier molecular flexibility index (Phi) is 7.64. The van der Waals surface area contributed by atoms with E-state index in [4.69, 9.17) is 0 Å². The Hall–Kier alpha value is -3.32. The Labute approximate surface area is 213 Å². The zero-order valence-electron chi connectivity index (χ0n) is 20.2. The van der Waals surface area contributed by atoms with Crippen molar-refractivity contribution >= 4 is 39.0 Å². The van der Waals surface area contributed by atoms with Crippen molar-refractivity contribution in [2.45, 2.75) is 25.1 Å². The number of amides is 3. The zero-order chi connectivity index (χ0) is 26.8. The second kappa shape index (κ2) is 10.6. The lowest BCUT2D eigenvalue weighted by Gasteiger charge is -2.35. The average Bonchev–Trinajstić information content (AvgIpc) is 2.85. The van der Waals surface area contributed by atoms with Crippen molar-refractivity contribution in [1.82, 2.24) is 9.62 Å². The van der Waals surface area contributed by atoms with Gasteiger partial charge in [0.15, 0.2) is 0 Å². The number of halogens is 3. The van der Waals surface area contributed by atoms with Gasteiger partial charge in [0, 0.05) is 49.8 Å². The molecule has 9 nitrogen and oxygen atoms in total. The maximum absolute atomic E-state index is 13.1. The van der Waals surface area contributed by atoms with Gasteiger partial charge in [-0.05, 0) is 61.4 Å². The number of nitrogens with one attached hydrogen (secondary N) is 2. The van der Waals surface area contributed by atoms with E-state index in [9.17, 15) is 31.2 Å². The van der Waals surface area contributed by atoms with Crippen molar-refractivity contribution in [3.63, 3.8) is 0 Å². The highest BCUT2D eigenvalue weighted by Gasteiger charge is 2.32. The molecule has 1 atom stereocenters. The molecule has 2 aliphatic rings. The van der Waals surface area contributed by atoms with E-state index in [1.165, 1.54) is 10.6 Å². The number of anilines is 3. The van der Waals surface area contributed by atoms with Gasteiger partial charge in [-0.25, -0.2) is 13.2 Å². The van der Waals surface area contributed by atoms with Crippen LogP contribution in [-0.4, -0.2) is 69.7 Å². The summed E-state index contributed by atoms with van der Waals surface area (Å²) in [4.78, 5) is 29.1. The van der Waals surface area contributed by atoms with Crippen LogP contribution in [0.15, 0.2) is 48.5 Å². The van der Waals surface area contributed by atoms with Crippen LogP contribution in [0.4, 0.5) is 35.0 Å². The number of benzene rings is 2. The number of sulfonamides is 1. The van der Waals surface area contributed by atoms with Gasteiger partial charge in [-0.15, -0.1) is 0 Å². The molecule has 2 aliphatic heterocycles. The average molecular weight is 540 g/mol. The van der Waals surface area contributed by atoms with Crippen LogP contribution in [0.2, 0.25) is 0 Å². The Morgan fingerprint density at radius 3 is 2.08 bits per heavy atom. The fraction of sp³-hybridized carbons (Fsp3) is 0.417. The first-order valence-corrected chi connectivity index (χ1v) is 13.6. The predicted molar refractivity (Wildman–Crippen MR) is 134 cm³/mol. The van der Waals surface area contributed by atoms with Gasteiger partial charge in [0.2, 0.25) is 15.9 Å². The highest BCUT2D eigenvalue weighted by molar-refractivity contribution is 7.88. The van der Waals surface area contributed by atoms with Gasteiger partial charge in [-0.2, -0.15) is 17.5 Å². The first kappa shape index (κ1) is 26.7. The minimum Gasteiger partial charge on any atom is -0.369 e. The van der Waals surface area contributed by atoms with E-state index in [1.807, 2.05) is 24.3 Å². The van der Waals surface area contributed by atoms with Crippen LogP contribution < -0.4 is 20.4 Å². The van der Waals surface area contributed by atoms with E-state index < -0.39 is 33.8 Å². The van der Waals surface area contributed by atoms with E-state index >= 15 is 0 Å². The standard InChI is InChI=1S/C24H28F3N5O4S/c1-37(35,36)31-15-13-30(14-16-31)19-8-10-20(11-9-19)32-12-2-3-21(22(32)33)29-23(34)28-18-6-4-17(5-7-18)24(25,26)27/h4-11,21H,2-3,12-16H2,1H3,(H2,28,29,34). The number of nitrogens with zero attached hydrogens (tertiary/aromatic N) is 3. The van der Waals surface area contributed by atoms with Crippen molar-refractivity contribution in [3.8, 4) is 0 Å². The van der Waals surface area contributed by atoms with Crippen LogP contribution in [0.5, 0.6) is 0 Å². The van der Waals surface area contributed by atoms with Crippen molar-refractivity contribution in [2.24, 2.45) is 0 Å². The lowest BCUT2D eigenvalue weighted by atomic mass is 10.0. The number of rotatable bonds is 5. The van der Waals surface area contributed by atoms with E-state index in [1.54, 1.807) is 4.90 Å². The molecule has 37 heavy (non-hydrogen) atoms. The van der Waals surface area contributed by atoms with E-state index in [2.05, 4.69) is 15.5 Å². The topological polar surface area (TPSA) is 102 Å². The minimum absolute atomic E-state index is 0.179. The van der Waals surface area contributed by atoms with Crippen LogP contribution in [0.1, 0.15) is 18.4 Å². The Bertz CT molecular complexity index is 1230. The van der Waals surface area contributed by atoms with Gasteiger partial charge in [0.05, 0.1) is 11.8 Å². The highest BCUT2D eigenvalue weighted by Crippen LogP contribution is 2.30. The van der Waals surface area contributed by atoms with Gasteiger partial charge in [0.25, 0.3) is 0 Å². The SMILES string of the molecule is CS(=O)(=O)N1CCN(c2ccc(N3CCCC(NC(=O)Nc4ccc(C(F)(F)F)cc4)C3=O)cc2)CC1. The smallest absolute Gasteiger partial charge is 0.369 e. The number of carbonyl (C=O) groups excluding carboxylic acids is 2. The highest BCUT2D eigenvalue weighted by atomic mass is 32.2. The molecule has 1 unspecified atom stereocenters. The lowest BCUT2D eigenvalue weighted by Crippen LogP contribution is -2.53. The molecule has 2 aromatic carbocycles. The molecule has 0 aliphatic carbocycles. The molecule has 0 bridgehead atoms. The predicted octanol–water partition coefficient (Wildman–Crippen LogP) is 3.10. The number of piperidine rings is 1. The third-order valence-corrected chi connectivity index (χ3v) is 7.75. The Morgan fingerprint density at radius 2 is 1.51 bits per heavy atom. The zero-order valence-corrected chi connectivity index (χ0v) is 21.0. The molecule has 0 aromatic heterocycles. The minimum atomic E-state index is -4.47. The van der Waals surface area contributed by atoms with Crippen molar-refractivity contribution in [1.29, 1.82) is 0 Å². The molecule has 2 heterocycles. The van der Waals surface area contributed by atoms with Crippen molar-refractivity contribution in [2.75, 3.05) is 54.1 Å². The molecular formula is C24H28F3N5O4S. The van der Waals surface area contributed by atoms with Gasteiger partial charge in [-0.3, -0.25) is 4.79 Å². The van der Waals surface area contributed by atoms with Crippen LogP contribution in [0.3, 0.4) is 0 Å². The van der Waals surface area contributed by atoms with Gasteiger partial charge >= 0.3 is 12.2 Å². The molecule has 2 aromatic rings. The third-order valence-electron chi connectivity index (χ3n) is 6.45. The van der Waals surface area contributed by atoms with Gasteiger partial charge in [0.1, 0.15) is 6.04 Å². The van der Waals surface area contributed by atoms with Crippen LogP contribution in [0, 0.1) is 0 Å². The molecule has 0 radical (unpaired) electrons. The number of urea groups is 1. The Morgan fingerprint density at radius 1 is 0.919 bits per heavy atom. The molecule has 3 amide bonds. The number of alkyl halides is 3. The summed E-state index contributed by atoms with van der Waals surface area (Å²) in [6.07, 6.45) is -2.16. The first-order chi connectivity index (χ1) is 17.4. The van der Waals surface area contributed by atoms with Crippen LogP contribution in [-0.2, 0) is 21.0 Å². The van der Waals surface area contributed by atoms with Crippen molar-refractivity contribution < 1.29 is 31.2 Å². The second-order valence-electron chi connectivity index (χ2n) is 9.02. The fourth-order valence-corrected chi connectivity index (χ4v) is 5.28. The van der Waals surface area contributed by atoms with Crippen molar-refractivity contribution in [3.05, 3.63) is 54.1 Å². The van der Waals surface area contributed by atoms with E-state index in [-0.39, 0.29) is 11.6 Å². The normalized spacial score (nSPS) is 19.6. The molecule has 13 heteroatoms. The summed E-state index contributed by atoms with van der Waals surface area (Å²) in [6.45, 7) is 2.44. The number of hydrogen-bond donors (Lipinski definition) is 2. The molecule has 2 N–H and O–H groups in total. The lowest BCUT2D eigenvalue weighted by molar-refractivity contribution is -0.137. The van der Waals surface area contributed by atoms with Crippen LogP contribution in [0.25, 0.3) is 0 Å². The number of piperazine rings is 1. The monoisotopic (exact) mass is 539 g/mol. The Balaban J connectivity index is 1.34. The van der Waals surface area contributed by atoms with Gasteiger partial charge < -0.3 is 20.4 Å². The molecule has 0 spiro atoms. The largest absolute Gasteiger partial charge is 0.416 e. The quantitative estimate of drug-likeness (QED) is 0.608. The number of carbonyl (C=O) groups is 2. The first-order valence-electron chi connectivity index (χ1n) is 11.8. The maximum Gasteiger partial charge on any atom is 0.416 e. The van der Waals surface area contributed by atoms with E-state index in [0.717, 1.165) is 30.0 Å². The summed E-state index contributed by atoms with van der Waals surface area (Å²) in [5.41, 5.74) is 0.961. The molecule has 0 saturated carbocycles. The van der Waals surface area contributed by atoms with Gasteiger partial charge in [-0.1, -0.05) is 0 Å². The molecule has 200 valence electrons. The molecular weight excluding hydrogens is 511 g/mol. The summed E-state index contributed by atoms with van der Waals surface area (Å²) in [5, 5.41) is 5.08. The molecule has 2 fully saturated rings. The number of hydrogen-bond acceptors (Lipinski definition) is 5. The fourth-order valence-electron chi connectivity index (χ4n) is 4.45. The maximum atomic E-state index is 13.1. The molecule has 4 rings (SSSR count). The summed E-state index contributed by atoms with van der Waals surface area (Å²) in [5.74, 6) is -0.275.